The summed E-state index contributed by atoms with van der Waals surface area (Å²) in [6.07, 6.45) is 13.1. The lowest BCUT2D eigenvalue weighted by Crippen LogP contribution is -2.51. The van der Waals surface area contributed by atoms with E-state index < -0.39 is 0 Å². The van der Waals surface area contributed by atoms with Crippen molar-refractivity contribution in [3.05, 3.63) is 22.8 Å². The molecule has 5 fully saturated rings. The summed E-state index contributed by atoms with van der Waals surface area (Å²) in [7, 11) is 0. The van der Waals surface area contributed by atoms with Gasteiger partial charge in [-0.25, -0.2) is 4.98 Å². The molecule has 4 aliphatic carbocycles. The van der Waals surface area contributed by atoms with E-state index in [-0.39, 0.29) is 5.91 Å². The first-order valence-corrected chi connectivity index (χ1v) is 12.2. The topological polar surface area (TPSA) is 63.2 Å². The molecule has 1 amide bonds. The van der Waals surface area contributed by atoms with Gasteiger partial charge in [-0.15, -0.1) is 0 Å². The fraction of sp³-hybridized carbons (Fsp3) is 0.750. The highest BCUT2D eigenvalue weighted by Crippen LogP contribution is 2.59. The van der Waals surface area contributed by atoms with Crippen LogP contribution < -0.4 is 15.4 Å². The molecule has 30 heavy (non-hydrogen) atoms. The summed E-state index contributed by atoms with van der Waals surface area (Å²) < 4.78 is 5.86. The number of piperidine rings is 1. The highest BCUT2D eigenvalue weighted by atomic mass is 35.5. The minimum absolute atomic E-state index is 0.0977. The monoisotopic (exact) mass is 431 g/mol. The Morgan fingerprint density at radius 1 is 1.23 bits per heavy atom. The Morgan fingerprint density at radius 3 is 2.63 bits per heavy atom. The van der Waals surface area contributed by atoms with E-state index in [0.717, 1.165) is 43.8 Å². The molecule has 1 atom stereocenters. The zero-order valence-corrected chi connectivity index (χ0v) is 18.6. The van der Waals surface area contributed by atoms with E-state index in [1.165, 1.54) is 51.4 Å². The highest BCUT2D eigenvalue weighted by molar-refractivity contribution is 6.33. The Bertz CT molecular complexity index is 742. The van der Waals surface area contributed by atoms with Crippen LogP contribution >= 0.6 is 11.6 Å². The van der Waals surface area contributed by atoms with Crippen molar-refractivity contribution in [2.45, 2.75) is 57.8 Å². The molecule has 0 spiro atoms. The number of ether oxygens (including phenoxy) is 1. The van der Waals surface area contributed by atoms with E-state index in [1.807, 2.05) is 0 Å². The van der Waals surface area contributed by atoms with Gasteiger partial charge >= 0.3 is 0 Å². The van der Waals surface area contributed by atoms with Crippen molar-refractivity contribution in [3.63, 3.8) is 0 Å². The molecule has 2 heterocycles. The second-order valence-corrected chi connectivity index (χ2v) is 10.9. The van der Waals surface area contributed by atoms with Crippen LogP contribution in [-0.4, -0.2) is 37.1 Å². The number of carbonyl (C=O) groups excluding carboxylic acids is 1. The maximum absolute atomic E-state index is 12.9. The zero-order valence-electron chi connectivity index (χ0n) is 17.8. The average Bonchev–Trinajstić information content (AvgIpc) is 2.73. The van der Waals surface area contributed by atoms with Crippen molar-refractivity contribution in [2.75, 3.05) is 26.2 Å². The number of hydrogen-bond donors (Lipinski definition) is 2. The van der Waals surface area contributed by atoms with Crippen molar-refractivity contribution in [3.8, 4) is 5.88 Å². The molecule has 6 rings (SSSR count). The summed E-state index contributed by atoms with van der Waals surface area (Å²) in [5.74, 6) is 3.71. The summed E-state index contributed by atoms with van der Waals surface area (Å²) in [4.78, 5) is 17.2. The van der Waals surface area contributed by atoms with Crippen LogP contribution in [0.2, 0.25) is 5.02 Å². The standard InChI is InChI=1S/C24H34ClN3O2/c25-21-14-27-22(30-5-3-16-2-1-4-26-13-16)9-20(21)23(29)28-15-24-10-17-6-18(11-24)8-19(7-17)12-24/h9,14,16-19,26H,1-8,10-13,15H2,(H,28,29). The van der Waals surface area contributed by atoms with Crippen molar-refractivity contribution in [2.24, 2.45) is 29.1 Å². The van der Waals surface area contributed by atoms with E-state index in [9.17, 15) is 4.79 Å². The molecular formula is C24H34ClN3O2. The summed E-state index contributed by atoms with van der Waals surface area (Å²) in [6.45, 7) is 3.58. The van der Waals surface area contributed by atoms with Gasteiger partial charge in [-0.3, -0.25) is 4.79 Å². The van der Waals surface area contributed by atoms with Gasteiger partial charge in [0.15, 0.2) is 0 Å². The van der Waals surface area contributed by atoms with Crippen LogP contribution in [0, 0.1) is 29.1 Å². The number of amides is 1. The molecule has 6 heteroatoms. The molecule has 4 bridgehead atoms. The Kier molecular flexibility index (Phi) is 5.94. The molecule has 1 aliphatic heterocycles. The number of hydrogen-bond acceptors (Lipinski definition) is 4. The Labute approximate surface area is 184 Å². The Morgan fingerprint density at radius 2 is 1.97 bits per heavy atom. The van der Waals surface area contributed by atoms with Gasteiger partial charge in [0, 0.05) is 12.6 Å². The molecule has 2 N–H and O–H groups in total. The number of pyridine rings is 1. The Balaban J connectivity index is 1.16. The molecule has 164 valence electrons. The maximum atomic E-state index is 12.9. The highest BCUT2D eigenvalue weighted by Gasteiger charge is 2.50. The van der Waals surface area contributed by atoms with Gasteiger partial charge in [0.05, 0.1) is 23.4 Å². The number of halogens is 1. The first-order valence-electron chi connectivity index (χ1n) is 11.9. The fourth-order valence-electron chi connectivity index (χ4n) is 7.04. The van der Waals surface area contributed by atoms with E-state index in [2.05, 4.69) is 15.6 Å². The predicted molar refractivity (Wildman–Crippen MR) is 118 cm³/mol. The molecule has 5 aliphatic rings. The number of aromatic nitrogens is 1. The lowest BCUT2D eigenvalue weighted by atomic mass is 9.49. The van der Waals surface area contributed by atoms with Crippen molar-refractivity contribution in [1.82, 2.24) is 15.6 Å². The van der Waals surface area contributed by atoms with Crippen LogP contribution in [0.4, 0.5) is 0 Å². The quantitative estimate of drug-likeness (QED) is 0.669. The van der Waals surface area contributed by atoms with Gasteiger partial charge in [0.2, 0.25) is 5.88 Å². The third-order valence-corrected chi connectivity index (χ3v) is 8.34. The van der Waals surface area contributed by atoms with Crippen LogP contribution in [0.3, 0.4) is 0 Å². The second kappa shape index (κ2) is 8.66. The normalized spacial score (nSPS) is 34.7. The molecule has 5 nitrogen and oxygen atoms in total. The van der Waals surface area contributed by atoms with E-state index in [4.69, 9.17) is 16.3 Å². The van der Waals surface area contributed by atoms with E-state index in [0.29, 0.717) is 34.4 Å². The molecule has 4 saturated carbocycles. The molecule has 1 aromatic heterocycles. The fourth-order valence-corrected chi connectivity index (χ4v) is 7.23. The van der Waals surface area contributed by atoms with Crippen molar-refractivity contribution >= 4 is 17.5 Å². The van der Waals surface area contributed by atoms with Gasteiger partial charge in [-0.1, -0.05) is 11.6 Å². The number of carbonyl (C=O) groups is 1. The maximum Gasteiger partial charge on any atom is 0.253 e. The first-order chi connectivity index (χ1) is 14.6. The lowest BCUT2D eigenvalue weighted by molar-refractivity contribution is -0.0503. The van der Waals surface area contributed by atoms with E-state index >= 15 is 0 Å². The van der Waals surface area contributed by atoms with Crippen LogP contribution in [0.15, 0.2) is 12.3 Å². The number of nitrogens with one attached hydrogen (secondary N) is 2. The van der Waals surface area contributed by atoms with Crippen LogP contribution in [-0.2, 0) is 0 Å². The summed E-state index contributed by atoms with van der Waals surface area (Å²) in [5.41, 5.74) is 0.794. The minimum atomic E-state index is -0.0977. The van der Waals surface area contributed by atoms with Gasteiger partial charge in [0.1, 0.15) is 0 Å². The predicted octanol–water partition coefficient (Wildman–Crippen LogP) is 4.45. The van der Waals surface area contributed by atoms with Gasteiger partial charge < -0.3 is 15.4 Å². The largest absolute Gasteiger partial charge is 0.478 e. The lowest BCUT2D eigenvalue weighted by Gasteiger charge is -2.56. The summed E-state index contributed by atoms with van der Waals surface area (Å²) >= 11 is 6.31. The summed E-state index contributed by atoms with van der Waals surface area (Å²) in [5, 5.41) is 7.04. The van der Waals surface area contributed by atoms with Crippen LogP contribution in [0.5, 0.6) is 5.88 Å². The zero-order chi connectivity index (χ0) is 20.6. The first kappa shape index (κ1) is 20.6. The number of nitrogens with zero attached hydrogens (tertiary/aromatic N) is 1. The average molecular weight is 432 g/mol. The van der Waals surface area contributed by atoms with Crippen molar-refractivity contribution < 1.29 is 9.53 Å². The third-order valence-electron chi connectivity index (χ3n) is 8.04. The molecule has 0 radical (unpaired) electrons. The molecule has 0 aromatic carbocycles. The molecule has 1 saturated heterocycles. The van der Waals surface area contributed by atoms with Crippen LogP contribution in [0.25, 0.3) is 0 Å². The molecular weight excluding hydrogens is 398 g/mol. The van der Waals surface area contributed by atoms with Gasteiger partial charge in [-0.05, 0) is 100.0 Å². The van der Waals surface area contributed by atoms with Crippen LogP contribution in [0.1, 0.15) is 68.1 Å². The van der Waals surface area contributed by atoms with Gasteiger partial charge in [-0.2, -0.15) is 0 Å². The summed E-state index contributed by atoms with van der Waals surface area (Å²) in [6, 6.07) is 1.70. The Hall–Kier alpha value is -1.33. The third kappa shape index (κ3) is 4.47. The number of rotatable bonds is 7. The second-order valence-electron chi connectivity index (χ2n) is 10.5. The molecule has 1 unspecified atom stereocenters. The van der Waals surface area contributed by atoms with Gasteiger partial charge in [0.25, 0.3) is 5.91 Å². The molecule has 1 aromatic rings. The van der Waals surface area contributed by atoms with E-state index in [1.54, 1.807) is 12.3 Å². The van der Waals surface area contributed by atoms with Crippen molar-refractivity contribution in [1.29, 1.82) is 0 Å². The minimum Gasteiger partial charge on any atom is -0.478 e. The smallest absolute Gasteiger partial charge is 0.253 e. The SMILES string of the molecule is O=C(NCC12CC3CC(CC(C3)C1)C2)c1cc(OCCC2CCCNC2)ncc1Cl.